The van der Waals surface area contributed by atoms with Crippen LogP contribution < -0.4 is 4.74 Å². The molecule has 98 valence electrons. The average Bonchev–Trinajstić information content (AvgIpc) is 2.34. The summed E-state index contributed by atoms with van der Waals surface area (Å²) in [6.07, 6.45) is -0.0781. The van der Waals surface area contributed by atoms with Crippen molar-refractivity contribution in [2.45, 2.75) is 6.42 Å². The number of carbonyl (C=O) groups is 1. The van der Waals surface area contributed by atoms with Gasteiger partial charge in [0.15, 0.2) is 0 Å². The third-order valence-corrected chi connectivity index (χ3v) is 3.43. The van der Waals surface area contributed by atoms with Crippen LogP contribution in [0.3, 0.4) is 0 Å². The smallest absolute Gasteiger partial charge is 0.307 e. The van der Waals surface area contributed by atoms with Crippen LogP contribution >= 0.6 is 31.9 Å². The first-order valence-electron chi connectivity index (χ1n) is 5.48. The van der Waals surface area contributed by atoms with E-state index in [9.17, 15) is 4.79 Å². The highest BCUT2D eigenvalue weighted by molar-refractivity contribution is 9.10. The molecular formula is C14H10Br2O3. The van der Waals surface area contributed by atoms with E-state index in [2.05, 4.69) is 31.9 Å². The molecule has 0 aliphatic carbocycles. The average molecular weight is 386 g/mol. The van der Waals surface area contributed by atoms with Gasteiger partial charge in [-0.2, -0.15) is 0 Å². The summed E-state index contributed by atoms with van der Waals surface area (Å²) in [6, 6.07) is 12.7. The van der Waals surface area contributed by atoms with Gasteiger partial charge in [0, 0.05) is 14.5 Å². The summed E-state index contributed by atoms with van der Waals surface area (Å²) in [5, 5.41) is 8.91. The number of hydrogen-bond acceptors (Lipinski definition) is 2. The second kappa shape index (κ2) is 6.21. The molecule has 0 heterocycles. The van der Waals surface area contributed by atoms with Gasteiger partial charge in [0.2, 0.25) is 0 Å². The SMILES string of the molecule is O=C(O)Cc1cc(Br)ccc1Oc1ccc(Br)cc1. The van der Waals surface area contributed by atoms with E-state index >= 15 is 0 Å². The van der Waals surface area contributed by atoms with E-state index < -0.39 is 5.97 Å². The second-order valence-corrected chi connectivity index (χ2v) is 5.71. The fourth-order valence-corrected chi connectivity index (χ4v) is 2.25. The van der Waals surface area contributed by atoms with Gasteiger partial charge in [0.1, 0.15) is 11.5 Å². The number of benzene rings is 2. The lowest BCUT2D eigenvalue weighted by molar-refractivity contribution is -0.136. The Bertz CT molecular complexity index is 594. The largest absolute Gasteiger partial charge is 0.481 e. The molecule has 2 aromatic rings. The lowest BCUT2D eigenvalue weighted by Gasteiger charge is -2.10. The van der Waals surface area contributed by atoms with E-state index in [4.69, 9.17) is 9.84 Å². The lowest BCUT2D eigenvalue weighted by Crippen LogP contribution is -2.02. The fraction of sp³-hybridized carbons (Fsp3) is 0.0714. The Morgan fingerprint density at radius 2 is 1.68 bits per heavy atom. The predicted molar refractivity (Wildman–Crippen MR) is 79.7 cm³/mol. The molecule has 1 N–H and O–H groups in total. The maximum Gasteiger partial charge on any atom is 0.307 e. The summed E-state index contributed by atoms with van der Waals surface area (Å²) in [5.74, 6) is 0.323. The minimum absolute atomic E-state index is 0.0781. The van der Waals surface area contributed by atoms with Crippen LogP contribution in [-0.2, 0) is 11.2 Å². The van der Waals surface area contributed by atoms with Crippen LogP contribution in [0.5, 0.6) is 11.5 Å². The van der Waals surface area contributed by atoms with Crippen molar-refractivity contribution in [1.29, 1.82) is 0 Å². The predicted octanol–water partition coefficient (Wildman–Crippen LogP) is 4.63. The molecule has 0 aromatic heterocycles. The normalized spacial score (nSPS) is 10.2. The zero-order valence-corrected chi connectivity index (χ0v) is 12.9. The van der Waals surface area contributed by atoms with Gasteiger partial charge in [0.25, 0.3) is 0 Å². The van der Waals surface area contributed by atoms with Crippen molar-refractivity contribution in [3.05, 3.63) is 57.0 Å². The van der Waals surface area contributed by atoms with Crippen LogP contribution in [0.15, 0.2) is 51.4 Å². The van der Waals surface area contributed by atoms with Crippen molar-refractivity contribution in [1.82, 2.24) is 0 Å². The lowest BCUT2D eigenvalue weighted by atomic mass is 10.1. The molecule has 0 spiro atoms. The zero-order chi connectivity index (χ0) is 13.8. The topological polar surface area (TPSA) is 46.5 Å². The van der Waals surface area contributed by atoms with Crippen molar-refractivity contribution in [2.24, 2.45) is 0 Å². The van der Waals surface area contributed by atoms with Crippen LogP contribution in [0.4, 0.5) is 0 Å². The molecule has 0 fully saturated rings. The standard InChI is InChI=1S/C14H10Br2O3/c15-10-1-4-12(5-2-10)19-13-6-3-11(16)7-9(13)8-14(17)18/h1-7H,8H2,(H,17,18). The third kappa shape index (κ3) is 4.08. The highest BCUT2D eigenvalue weighted by Gasteiger charge is 2.09. The molecule has 0 atom stereocenters. The summed E-state index contributed by atoms with van der Waals surface area (Å²) in [6.45, 7) is 0. The second-order valence-electron chi connectivity index (χ2n) is 3.88. The van der Waals surface area contributed by atoms with Crippen molar-refractivity contribution in [3.63, 3.8) is 0 Å². The number of rotatable bonds is 4. The molecule has 0 saturated carbocycles. The Morgan fingerprint density at radius 3 is 2.32 bits per heavy atom. The van der Waals surface area contributed by atoms with Crippen molar-refractivity contribution < 1.29 is 14.6 Å². The molecule has 2 rings (SSSR count). The molecule has 0 saturated heterocycles. The number of carboxylic acids is 1. The molecule has 0 amide bonds. The van der Waals surface area contributed by atoms with E-state index in [0.717, 1.165) is 8.95 Å². The first-order valence-corrected chi connectivity index (χ1v) is 7.07. The molecule has 0 unspecified atom stereocenters. The van der Waals surface area contributed by atoms with Gasteiger partial charge in [-0.15, -0.1) is 0 Å². The number of carboxylic acid groups (broad SMARTS) is 1. The maximum atomic E-state index is 10.9. The highest BCUT2D eigenvalue weighted by Crippen LogP contribution is 2.29. The Labute approximate surface area is 127 Å². The van der Waals surface area contributed by atoms with Gasteiger partial charge in [-0.3, -0.25) is 4.79 Å². The van der Waals surface area contributed by atoms with Crippen molar-refractivity contribution >= 4 is 37.8 Å². The first kappa shape index (κ1) is 14.1. The van der Waals surface area contributed by atoms with E-state index in [0.29, 0.717) is 17.1 Å². The summed E-state index contributed by atoms with van der Waals surface area (Å²) in [4.78, 5) is 10.9. The van der Waals surface area contributed by atoms with Crippen molar-refractivity contribution in [3.8, 4) is 11.5 Å². The maximum absolute atomic E-state index is 10.9. The number of hydrogen-bond donors (Lipinski definition) is 1. The van der Waals surface area contributed by atoms with Crippen LogP contribution in [0, 0.1) is 0 Å². The summed E-state index contributed by atoms with van der Waals surface area (Å²) < 4.78 is 7.50. The zero-order valence-electron chi connectivity index (χ0n) is 9.77. The van der Waals surface area contributed by atoms with Gasteiger partial charge < -0.3 is 9.84 Å². The molecule has 2 aromatic carbocycles. The van der Waals surface area contributed by atoms with E-state index in [-0.39, 0.29) is 6.42 Å². The quantitative estimate of drug-likeness (QED) is 0.834. The molecular weight excluding hydrogens is 376 g/mol. The van der Waals surface area contributed by atoms with Gasteiger partial charge >= 0.3 is 5.97 Å². The number of aliphatic carboxylic acids is 1. The van der Waals surface area contributed by atoms with Crippen LogP contribution in [0.2, 0.25) is 0 Å². The fourth-order valence-electron chi connectivity index (χ4n) is 1.58. The molecule has 3 nitrogen and oxygen atoms in total. The third-order valence-electron chi connectivity index (χ3n) is 2.41. The van der Waals surface area contributed by atoms with Gasteiger partial charge in [-0.1, -0.05) is 31.9 Å². The van der Waals surface area contributed by atoms with E-state index in [1.54, 1.807) is 12.1 Å². The van der Waals surface area contributed by atoms with E-state index in [1.807, 2.05) is 30.3 Å². The monoisotopic (exact) mass is 384 g/mol. The van der Waals surface area contributed by atoms with Crippen LogP contribution in [0.1, 0.15) is 5.56 Å². The Balaban J connectivity index is 2.28. The summed E-state index contributed by atoms with van der Waals surface area (Å²) in [5.41, 5.74) is 0.629. The van der Waals surface area contributed by atoms with Gasteiger partial charge in [0.05, 0.1) is 6.42 Å². The van der Waals surface area contributed by atoms with Gasteiger partial charge in [-0.05, 0) is 42.5 Å². The Hall–Kier alpha value is -1.33. The first-order chi connectivity index (χ1) is 9.04. The minimum atomic E-state index is -0.890. The minimum Gasteiger partial charge on any atom is -0.481 e. The van der Waals surface area contributed by atoms with Crippen molar-refractivity contribution in [2.75, 3.05) is 0 Å². The molecule has 0 aliphatic rings. The molecule has 0 bridgehead atoms. The van der Waals surface area contributed by atoms with Crippen LogP contribution in [0.25, 0.3) is 0 Å². The molecule has 0 aliphatic heterocycles. The summed E-state index contributed by atoms with van der Waals surface area (Å²) in [7, 11) is 0. The highest BCUT2D eigenvalue weighted by atomic mass is 79.9. The molecule has 0 radical (unpaired) electrons. The van der Waals surface area contributed by atoms with E-state index in [1.165, 1.54) is 0 Å². The number of ether oxygens (including phenoxy) is 1. The van der Waals surface area contributed by atoms with Gasteiger partial charge in [-0.25, -0.2) is 0 Å². The Kier molecular flexibility index (Phi) is 4.61. The number of halogens is 2. The summed E-state index contributed by atoms with van der Waals surface area (Å²) >= 11 is 6.67. The molecule has 19 heavy (non-hydrogen) atoms. The molecule has 5 heteroatoms. The van der Waals surface area contributed by atoms with Crippen LogP contribution in [-0.4, -0.2) is 11.1 Å². The Morgan fingerprint density at radius 1 is 1.05 bits per heavy atom.